The summed E-state index contributed by atoms with van der Waals surface area (Å²) >= 11 is 6.01. The van der Waals surface area contributed by atoms with Crippen LogP contribution in [0.25, 0.3) is 0 Å². The molecule has 0 saturated heterocycles. The van der Waals surface area contributed by atoms with Gasteiger partial charge >= 0.3 is 0 Å². The molecule has 0 radical (unpaired) electrons. The van der Waals surface area contributed by atoms with Crippen molar-refractivity contribution in [3.63, 3.8) is 0 Å². The van der Waals surface area contributed by atoms with Gasteiger partial charge in [0.15, 0.2) is 0 Å². The van der Waals surface area contributed by atoms with Gasteiger partial charge in [0, 0.05) is 17.8 Å². The Kier molecular flexibility index (Phi) is 5.64. The van der Waals surface area contributed by atoms with E-state index in [1.165, 1.54) is 6.20 Å². The highest BCUT2D eigenvalue weighted by atomic mass is 35.5. The van der Waals surface area contributed by atoms with Crippen molar-refractivity contribution in [2.75, 3.05) is 0 Å². The van der Waals surface area contributed by atoms with Crippen LogP contribution in [0.5, 0.6) is 0 Å². The van der Waals surface area contributed by atoms with Gasteiger partial charge in [0.05, 0.1) is 12.8 Å². The number of nitriles is 1. The number of carbonyl (C=O) groups is 1. The number of nitrogens with zero attached hydrogens (tertiary/aromatic N) is 1. The molecule has 0 aliphatic rings. The first-order valence-corrected chi connectivity index (χ1v) is 6.96. The highest BCUT2D eigenvalue weighted by Gasteiger charge is 2.09. The number of furan rings is 1. The van der Waals surface area contributed by atoms with Crippen LogP contribution in [0, 0.1) is 11.3 Å². The summed E-state index contributed by atoms with van der Waals surface area (Å²) in [5, 5.41) is 15.1. The smallest absolute Gasteiger partial charge is 0.263 e. The SMILES string of the molecule is N#C/C(=C/NCc1ccco1)C(=O)NCc1ccccc1Cl. The molecule has 0 bridgehead atoms. The number of benzene rings is 1. The predicted molar refractivity (Wildman–Crippen MR) is 82.5 cm³/mol. The van der Waals surface area contributed by atoms with Gasteiger partial charge in [-0.3, -0.25) is 4.79 Å². The normalized spacial score (nSPS) is 10.8. The van der Waals surface area contributed by atoms with E-state index in [0.717, 1.165) is 5.56 Å². The standard InChI is InChI=1S/C16H14ClN3O2/c17-15-6-2-1-4-12(15)10-20-16(21)13(8-18)9-19-11-14-5-3-7-22-14/h1-7,9,19H,10-11H2,(H,20,21)/b13-9-. The summed E-state index contributed by atoms with van der Waals surface area (Å²) in [4.78, 5) is 11.9. The van der Waals surface area contributed by atoms with E-state index < -0.39 is 5.91 Å². The first kappa shape index (κ1) is 15.7. The molecule has 2 rings (SSSR count). The van der Waals surface area contributed by atoms with Crippen LogP contribution in [-0.4, -0.2) is 5.91 Å². The Labute approximate surface area is 133 Å². The molecular weight excluding hydrogens is 302 g/mol. The molecule has 2 aromatic rings. The monoisotopic (exact) mass is 315 g/mol. The molecule has 6 heteroatoms. The molecule has 1 aromatic heterocycles. The van der Waals surface area contributed by atoms with Crippen molar-refractivity contribution in [2.45, 2.75) is 13.1 Å². The summed E-state index contributed by atoms with van der Waals surface area (Å²) in [7, 11) is 0. The van der Waals surface area contributed by atoms with E-state index in [2.05, 4.69) is 10.6 Å². The molecule has 0 aliphatic heterocycles. The maximum Gasteiger partial charge on any atom is 0.263 e. The Bertz CT molecular complexity index is 702. The van der Waals surface area contributed by atoms with Crippen molar-refractivity contribution in [1.29, 1.82) is 5.26 Å². The maximum atomic E-state index is 11.9. The van der Waals surface area contributed by atoms with Crippen LogP contribution in [0.4, 0.5) is 0 Å². The largest absolute Gasteiger partial charge is 0.467 e. The van der Waals surface area contributed by atoms with Gasteiger partial charge in [-0.1, -0.05) is 29.8 Å². The highest BCUT2D eigenvalue weighted by molar-refractivity contribution is 6.31. The van der Waals surface area contributed by atoms with Crippen LogP contribution in [-0.2, 0) is 17.9 Å². The van der Waals surface area contributed by atoms with Gasteiger partial charge in [0.2, 0.25) is 0 Å². The zero-order chi connectivity index (χ0) is 15.8. The zero-order valence-corrected chi connectivity index (χ0v) is 12.4. The minimum absolute atomic E-state index is 0.0152. The molecule has 112 valence electrons. The van der Waals surface area contributed by atoms with Crippen LogP contribution >= 0.6 is 11.6 Å². The minimum Gasteiger partial charge on any atom is -0.467 e. The molecular formula is C16H14ClN3O2. The number of rotatable bonds is 6. The van der Waals surface area contributed by atoms with Gasteiger partial charge < -0.3 is 15.1 Å². The lowest BCUT2D eigenvalue weighted by atomic mass is 10.2. The fraction of sp³-hybridized carbons (Fsp3) is 0.125. The lowest BCUT2D eigenvalue weighted by molar-refractivity contribution is -0.117. The maximum absolute atomic E-state index is 11.9. The van der Waals surface area contributed by atoms with E-state index in [4.69, 9.17) is 21.3 Å². The average Bonchev–Trinajstić information content (AvgIpc) is 3.04. The van der Waals surface area contributed by atoms with Crippen molar-refractivity contribution in [2.24, 2.45) is 0 Å². The third-order valence-corrected chi connectivity index (χ3v) is 3.23. The lowest BCUT2D eigenvalue weighted by Crippen LogP contribution is -2.25. The number of hydrogen-bond donors (Lipinski definition) is 2. The average molecular weight is 316 g/mol. The number of nitrogens with one attached hydrogen (secondary N) is 2. The van der Waals surface area contributed by atoms with Crippen molar-refractivity contribution < 1.29 is 9.21 Å². The topological polar surface area (TPSA) is 78.1 Å². The first-order chi connectivity index (χ1) is 10.7. The van der Waals surface area contributed by atoms with E-state index >= 15 is 0 Å². The third-order valence-electron chi connectivity index (χ3n) is 2.87. The van der Waals surface area contributed by atoms with Crippen LogP contribution in [0.2, 0.25) is 5.02 Å². The van der Waals surface area contributed by atoms with Crippen LogP contribution in [0.1, 0.15) is 11.3 Å². The molecule has 0 saturated carbocycles. The van der Waals surface area contributed by atoms with Crippen LogP contribution in [0.15, 0.2) is 58.9 Å². The molecule has 0 unspecified atom stereocenters. The van der Waals surface area contributed by atoms with Crippen molar-refractivity contribution in [3.8, 4) is 6.07 Å². The Morgan fingerprint density at radius 2 is 2.09 bits per heavy atom. The van der Waals surface area contributed by atoms with Gasteiger partial charge in [0.1, 0.15) is 17.4 Å². The second kappa shape index (κ2) is 7.91. The predicted octanol–water partition coefficient (Wildman–Crippen LogP) is 2.75. The van der Waals surface area contributed by atoms with Crippen molar-refractivity contribution in [3.05, 3.63) is 70.8 Å². The molecule has 1 heterocycles. The second-order valence-electron chi connectivity index (χ2n) is 4.40. The van der Waals surface area contributed by atoms with E-state index in [9.17, 15) is 4.79 Å². The summed E-state index contributed by atoms with van der Waals surface area (Å²) in [6, 6.07) is 12.6. The highest BCUT2D eigenvalue weighted by Crippen LogP contribution is 2.14. The van der Waals surface area contributed by atoms with Gasteiger partial charge in [0.25, 0.3) is 5.91 Å². The minimum atomic E-state index is -0.464. The summed E-state index contributed by atoms with van der Waals surface area (Å²) in [6.45, 7) is 0.658. The molecule has 0 spiro atoms. The quantitative estimate of drug-likeness (QED) is 0.634. The summed E-state index contributed by atoms with van der Waals surface area (Å²) in [5.74, 6) is 0.249. The van der Waals surface area contributed by atoms with E-state index in [-0.39, 0.29) is 12.1 Å². The van der Waals surface area contributed by atoms with E-state index in [1.54, 1.807) is 24.5 Å². The molecule has 1 aromatic carbocycles. The van der Waals surface area contributed by atoms with Gasteiger partial charge in [-0.25, -0.2) is 0 Å². The van der Waals surface area contributed by atoms with Gasteiger partial charge in [-0.05, 0) is 23.8 Å². The Morgan fingerprint density at radius 1 is 1.27 bits per heavy atom. The first-order valence-electron chi connectivity index (χ1n) is 6.58. The summed E-state index contributed by atoms with van der Waals surface area (Å²) in [6.07, 6.45) is 2.92. The molecule has 0 aliphatic carbocycles. The van der Waals surface area contributed by atoms with Crippen molar-refractivity contribution in [1.82, 2.24) is 10.6 Å². The summed E-state index contributed by atoms with van der Waals surface area (Å²) < 4.78 is 5.14. The zero-order valence-electron chi connectivity index (χ0n) is 11.7. The Morgan fingerprint density at radius 3 is 2.77 bits per heavy atom. The number of carbonyl (C=O) groups excluding carboxylic acids is 1. The Balaban J connectivity index is 1.89. The number of amides is 1. The van der Waals surface area contributed by atoms with Gasteiger partial charge in [-0.15, -0.1) is 0 Å². The molecule has 0 atom stereocenters. The molecule has 22 heavy (non-hydrogen) atoms. The van der Waals surface area contributed by atoms with Gasteiger partial charge in [-0.2, -0.15) is 5.26 Å². The third kappa shape index (κ3) is 4.40. The number of halogens is 1. The second-order valence-corrected chi connectivity index (χ2v) is 4.81. The molecule has 1 amide bonds. The number of hydrogen-bond acceptors (Lipinski definition) is 4. The van der Waals surface area contributed by atoms with Crippen LogP contribution in [0.3, 0.4) is 0 Å². The van der Waals surface area contributed by atoms with E-state index in [0.29, 0.717) is 17.3 Å². The fourth-order valence-electron chi connectivity index (χ4n) is 1.73. The molecule has 5 nitrogen and oxygen atoms in total. The molecule has 0 fully saturated rings. The van der Waals surface area contributed by atoms with Crippen molar-refractivity contribution >= 4 is 17.5 Å². The van der Waals surface area contributed by atoms with Crippen LogP contribution < -0.4 is 10.6 Å². The molecule has 2 N–H and O–H groups in total. The van der Waals surface area contributed by atoms with E-state index in [1.807, 2.05) is 24.3 Å². The summed E-state index contributed by atoms with van der Waals surface area (Å²) in [5.41, 5.74) is 0.775. The fourth-order valence-corrected chi connectivity index (χ4v) is 1.93. The Hall–Kier alpha value is -2.71. The lowest BCUT2D eigenvalue weighted by Gasteiger charge is -2.06.